The van der Waals surface area contributed by atoms with E-state index in [0.717, 1.165) is 27.6 Å². The molecular weight excluding hydrogens is 356 g/mol. The highest BCUT2D eigenvalue weighted by atomic mass is 16.5. The average Bonchev–Trinajstić information content (AvgIpc) is 2.70. The average molecular weight is 388 g/mol. The summed E-state index contributed by atoms with van der Waals surface area (Å²) >= 11 is 0. The molecule has 0 aliphatic heterocycles. The van der Waals surface area contributed by atoms with Crippen LogP contribution in [0.1, 0.15) is 26.3 Å². The first-order chi connectivity index (χ1) is 13.5. The third-order valence-electron chi connectivity index (χ3n) is 4.58. The summed E-state index contributed by atoms with van der Waals surface area (Å²) in [5.74, 6) is 2.20. The van der Waals surface area contributed by atoms with Gasteiger partial charge in [-0.3, -0.25) is 4.79 Å². The van der Waals surface area contributed by atoms with E-state index in [2.05, 4.69) is 5.32 Å². The van der Waals surface area contributed by atoms with Crippen molar-refractivity contribution in [2.75, 3.05) is 32.7 Å². The SMILES string of the molecule is CCOc1ccc(NC(=O)[C@@H](C)[NH+](C)Cc2ccc(OCC)c(OC)c2)cc1. The highest BCUT2D eigenvalue weighted by molar-refractivity contribution is 5.93. The molecule has 0 heterocycles. The summed E-state index contributed by atoms with van der Waals surface area (Å²) in [7, 11) is 3.64. The zero-order valence-corrected chi connectivity index (χ0v) is 17.4. The zero-order valence-electron chi connectivity index (χ0n) is 17.4. The third kappa shape index (κ3) is 5.89. The van der Waals surface area contributed by atoms with E-state index in [1.54, 1.807) is 7.11 Å². The maximum atomic E-state index is 12.6. The van der Waals surface area contributed by atoms with Gasteiger partial charge in [-0.2, -0.15) is 0 Å². The Hall–Kier alpha value is -2.73. The summed E-state index contributed by atoms with van der Waals surface area (Å²) in [5, 5.41) is 2.97. The molecule has 0 fully saturated rings. The zero-order chi connectivity index (χ0) is 20.5. The largest absolute Gasteiger partial charge is 0.494 e. The van der Waals surface area contributed by atoms with Crippen molar-refractivity contribution in [3.63, 3.8) is 0 Å². The van der Waals surface area contributed by atoms with Crippen LogP contribution >= 0.6 is 0 Å². The molecule has 0 aliphatic carbocycles. The monoisotopic (exact) mass is 387 g/mol. The summed E-state index contributed by atoms with van der Waals surface area (Å²) in [6.07, 6.45) is 0. The molecule has 2 rings (SSSR count). The van der Waals surface area contributed by atoms with E-state index < -0.39 is 0 Å². The van der Waals surface area contributed by atoms with Crippen LogP contribution in [0.15, 0.2) is 42.5 Å². The van der Waals surface area contributed by atoms with Gasteiger partial charge in [-0.15, -0.1) is 0 Å². The van der Waals surface area contributed by atoms with Crippen molar-refractivity contribution in [1.82, 2.24) is 0 Å². The molecule has 2 aromatic carbocycles. The summed E-state index contributed by atoms with van der Waals surface area (Å²) in [6, 6.07) is 13.1. The molecule has 0 saturated heterocycles. The van der Waals surface area contributed by atoms with E-state index in [4.69, 9.17) is 14.2 Å². The number of amides is 1. The van der Waals surface area contributed by atoms with Gasteiger partial charge in [0.15, 0.2) is 17.5 Å². The number of methoxy groups -OCH3 is 1. The van der Waals surface area contributed by atoms with Crippen LogP contribution in [0, 0.1) is 0 Å². The molecule has 1 unspecified atom stereocenters. The fraction of sp³-hybridized carbons (Fsp3) is 0.409. The van der Waals surface area contributed by atoms with Crippen molar-refractivity contribution in [3.8, 4) is 17.2 Å². The van der Waals surface area contributed by atoms with Crippen molar-refractivity contribution in [2.24, 2.45) is 0 Å². The van der Waals surface area contributed by atoms with E-state index in [-0.39, 0.29) is 11.9 Å². The number of hydrogen-bond acceptors (Lipinski definition) is 4. The second-order valence-corrected chi connectivity index (χ2v) is 6.61. The number of likely N-dealkylation sites (N-methyl/N-ethyl adjacent to an activating group) is 1. The highest BCUT2D eigenvalue weighted by Gasteiger charge is 2.22. The fourth-order valence-electron chi connectivity index (χ4n) is 2.85. The van der Waals surface area contributed by atoms with Crippen LogP contribution < -0.4 is 24.4 Å². The molecule has 1 amide bonds. The maximum absolute atomic E-state index is 12.6. The molecule has 0 radical (unpaired) electrons. The van der Waals surface area contributed by atoms with Gasteiger partial charge >= 0.3 is 0 Å². The van der Waals surface area contributed by atoms with E-state index in [1.165, 1.54) is 0 Å². The Morgan fingerprint density at radius 2 is 1.71 bits per heavy atom. The lowest BCUT2D eigenvalue weighted by Crippen LogP contribution is -3.12. The standard InChI is InChI=1S/C22H30N2O4/c1-6-27-19-11-9-18(10-12-19)23-22(25)16(3)24(4)15-17-8-13-20(28-7-2)21(14-17)26-5/h8-14,16H,6-7,15H2,1-5H3,(H,23,25)/p+1/t16-/m1/s1. The van der Waals surface area contributed by atoms with Crippen LogP contribution in [0.4, 0.5) is 5.69 Å². The van der Waals surface area contributed by atoms with Crippen LogP contribution in [0.5, 0.6) is 17.2 Å². The number of benzene rings is 2. The Morgan fingerprint density at radius 1 is 1.04 bits per heavy atom. The fourth-order valence-corrected chi connectivity index (χ4v) is 2.85. The van der Waals surface area contributed by atoms with Crippen molar-refractivity contribution >= 4 is 11.6 Å². The number of rotatable bonds is 10. The molecule has 0 bridgehead atoms. The number of ether oxygens (including phenoxy) is 3. The van der Waals surface area contributed by atoms with Crippen LogP contribution in [-0.2, 0) is 11.3 Å². The molecule has 0 aromatic heterocycles. The molecular formula is C22H31N2O4+. The lowest BCUT2D eigenvalue weighted by atomic mass is 10.1. The maximum Gasteiger partial charge on any atom is 0.282 e. The van der Waals surface area contributed by atoms with E-state index >= 15 is 0 Å². The first kappa shape index (κ1) is 21.6. The van der Waals surface area contributed by atoms with Crippen molar-refractivity contribution < 1.29 is 23.9 Å². The summed E-state index contributed by atoms with van der Waals surface area (Å²) in [4.78, 5) is 13.7. The number of hydrogen-bond donors (Lipinski definition) is 2. The Balaban J connectivity index is 1.97. The van der Waals surface area contributed by atoms with Gasteiger partial charge in [0.05, 0.1) is 27.4 Å². The summed E-state index contributed by atoms with van der Waals surface area (Å²) in [5.41, 5.74) is 1.84. The lowest BCUT2D eigenvalue weighted by molar-refractivity contribution is -0.907. The number of carbonyl (C=O) groups excluding carboxylic acids is 1. The minimum absolute atomic E-state index is 0.0282. The van der Waals surface area contributed by atoms with Crippen LogP contribution in [0.3, 0.4) is 0 Å². The molecule has 2 atom stereocenters. The molecule has 6 heteroatoms. The normalized spacial score (nSPS) is 12.8. The second-order valence-electron chi connectivity index (χ2n) is 6.61. The smallest absolute Gasteiger partial charge is 0.282 e. The summed E-state index contributed by atoms with van der Waals surface area (Å²) < 4.78 is 16.4. The molecule has 2 N–H and O–H groups in total. The van der Waals surface area contributed by atoms with E-state index in [9.17, 15) is 4.79 Å². The van der Waals surface area contributed by atoms with Gasteiger partial charge in [-0.1, -0.05) is 0 Å². The Morgan fingerprint density at radius 3 is 2.32 bits per heavy atom. The minimum Gasteiger partial charge on any atom is -0.494 e. The van der Waals surface area contributed by atoms with Crippen molar-refractivity contribution in [2.45, 2.75) is 33.4 Å². The van der Waals surface area contributed by atoms with E-state index in [1.807, 2.05) is 70.3 Å². The van der Waals surface area contributed by atoms with Gasteiger partial charge in [0, 0.05) is 11.3 Å². The van der Waals surface area contributed by atoms with Crippen LogP contribution in [0.2, 0.25) is 0 Å². The molecule has 0 spiro atoms. The number of quaternary nitrogens is 1. The lowest BCUT2D eigenvalue weighted by Gasteiger charge is -2.21. The third-order valence-corrected chi connectivity index (χ3v) is 4.58. The van der Waals surface area contributed by atoms with Gasteiger partial charge in [0.2, 0.25) is 0 Å². The summed E-state index contributed by atoms with van der Waals surface area (Å²) in [6.45, 7) is 7.70. The van der Waals surface area contributed by atoms with Crippen molar-refractivity contribution in [1.29, 1.82) is 0 Å². The van der Waals surface area contributed by atoms with Gasteiger partial charge in [-0.05, 0) is 63.2 Å². The van der Waals surface area contributed by atoms with Gasteiger partial charge < -0.3 is 24.4 Å². The number of nitrogens with one attached hydrogen (secondary N) is 2. The predicted octanol–water partition coefficient (Wildman–Crippen LogP) is 2.53. The molecule has 6 nitrogen and oxygen atoms in total. The first-order valence-electron chi connectivity index (χ1n) is 9.64. The quantitative estimate of drug-likeness (QED) is 0.658. The number of anilines is 1. The Labute approximate surface area is 167 Å². The van der Waals surface area contributed by atoms with Crippen LogP contribution in [-0.4, -0.2) is 39.3 Å². The molecule has 28 heavy (non-hydrogen) atoms. The molecule has 2 aromatic rings. The molecule has 152 valence electrons. The van der Waals surface area contributed by atoms with Crippen LogP contribution in [0.25, 0.3) is 0 Å². The second kappa shape index (κ2) is 10.6. The van der Waals surface area contributed by atoms with E-state index in [0.29, 0.717) is 25.5 Å². The Kier molecular flexibility index (Phi) is 8.14. The minimum atomic E-state index is -0.218. The highest BCUT2D eigenvalue weighted by Crippen LogP contribution is 2.27. The van der Waals surface area contributed by atoms with Gasteiger partial charge in [-0.25, -0.2) is 0 Å². The van der Waals surface area contributed by atoms with Crippen molar-refractivity contribution in [3.05, 3.63) is 48.0 Å². The molecule has 0 aliphatic rings. The first-order valence-corrected chi connectivity index (χ1v) is 9.64. The molecule has 0 saturated carbocycles. The number of carbonyl (C=O) groups is 1. The predicted molar refractivity (Wildman–Crippen MR) is 110 cm³/mol. The topological polar surface area (TPSA) is 61.2 Å². The van der Waals surface area contributed by atoms with Gasteiger partial charge in [0.25, 0.3) is 5.91 Å². The Bertz CT molecular complexity index is 762. The van der Waals surface area contributed by atoms with Gasteiger partial charge in [0.1, 0.15) is 12.3 Å².